The maximum atomic E-state index is 11.9. The third-order valence-electron chi connectivity index (χ3n) is 3.02. The van der Waals surface area contributed by atoms with Crippen LogP contribution in [0.2, 0.25) is 0 Å². The monoisotopic (exact) mass is 281 g/mol. The Morgan fingerprint density at radius 1 is 1.47 bits per heavy atom. The molecule has 0 aliphatic carbocycles. The van der Waals surface area contributed by atoms with Gasteiger partial charge in [0.05, 0.1) is 6.61 Å². The summed E-state index contributed by atoms with van der Waals surface area (Å²) in [6.45, 7) is 6.21. The summed E-state index contributed by atoms with van der Waals surface area (Å²) in [4.78, 5) is 11.9. The fourth-order valence-electron chi connectivity index (χ4n) is 1.70. The van der Waals surface area contributed by atoms with E-state index in [1.165, 1.54) is 11.1 Å². The summed E-state index contributed by atoms with van der Waals surface area (Å²) < 4.78 is 5.11. The van der Waals surface area contributed by atoms with Gasteiger partial charge in [0, 0.05) is 11.5 Å². The molecule has 0 aromatic heterocycles. The SMILES string of the molecule is CCOC(=O)C(C)(CSCc1cccc(C)c1)NC. The number of likely N-dealkylation sites (N-methyl/N-ethyl adjacent to an activating group) is 1. The van der Waals surface area contributed by atoms with Crippen molar-refractivity contribution >= 4 is 17.7 Å². The molecule has 0 aliphatic rings. The van der Waals surface area contributed by atoms with Crippen molar-refractivity contribution in [2.24, 2.45) is 0 Å². The maximum Gasteiger partial charge on any atom is 0.326 e. The molecular weight excluding hydrogens is 258 g/mol. The molecule has 1 N–H and O–H groups in total. The van der Waals surface area contributed by atoms with Crippen LogP contribution >= 0.6 is 11.8 Å². The van der Waals surface area contributed by atoms with Crippen molar-refractivity contribution in [2.45, 2.75) is 32.1 Å². The standard InChI is InChI=1S/C15H23NO2S/c1-5-18-14(17)15(3,16-4)11-19-10-13-8-6-7-12(2)9-13/h6-9,16H,5,10-11H2,1-4H3. The van der Waals surface area contributed by atoms with E-state index in [9.17, 15) is 4.79 Å². The van der Waals surface area contributed by atoms with Gasteiger partial charge in [-0.15, -0.1) is 0 Å². The molecule has 0 heterocycles. The number of aryl methyl sites for hydroxylation is 1. The molecule has 0 saturated carbocycles. The Labute approximate surface area is 120 Å². The number of ether oxygens (including phenoxy) is 1. The molecule has 0 radical (unpaired) electrons. The normalized spacial score (nSPS) is 13.9. The highest BCUT2D eigenvalue weighted by molar-refractivity contribution is 7.98. The molecule has 0 saturated heterocycles. The van der Waals surface area contributed by atoms with Crippen LogP contribution in [-0.2, 0) is 15.3 Å². The smallest absolute Gasteiger partial charge is 0.326 e. The summed E-state index contributed by atoms with van der Waals surface area (Å²) in [5, 5.41) is 3.07. The molecule has 3 nitrogen and oxygen atoms in total. The third kappa shape index (κ3) is 4.88. The van der Waals surface area contributed by atoms with Crippen LogP contribution in [0.15, 0.2) is 24.3 Å². The number of benzene rings is 1. The third-order valence-corrected chi connectivity index (χ3v) is 4.34. The van der Waals surface area contributed by atoms with Crippen LogP contribution in [0.1, 0.15) is 25.0 Å². The van der Waals surface area contributed by atoms with Gasteiger partial charge in [-0.05, 0) is 33.4 Å². The molecule has 1 rings (SSSR count). The minimum atomic E-state index is -0.621. The lowest BCUT2D eigenvalue weighted by Crippen LogP contribution is -2.50. The van der Waals surface area contributed by atoms with Crippen LogP contribution in [0.4, 0.5) is 0 Å². The summed E-state index contributed by atoms with van der Waals surface area (Å²) in [5.41, 5.74) is 1.93. The van der Waals surface area contributed by atoms with Gasteiger partial charge in [-0.3, -0.25) is 4.79 Å². The Bertz CT molecular complexity index is 422. The molecule has 106 valence electrons. The minimum absolute atomic E-state index is 0.186. The number of carbonyl (C=O) groups is 1. The van der Waals surface area contributed by atoms with Crippen LogP contribution < -0.4 is 5.32 Å². The number of hydrogen-bond donors (Lipinski definition) is 1. The second-order valence-corrected chi connectivity index (χ2v) is 5.77. The van der Waals surface area contributed by atoms with Crippen LogP contribution in [-0.4, -0.2) is 30.9 Å². The zero-order valence-electron chi connectivity index (χ0n) is 12.2. The van der Waals surface area contributed by atoms with Gasteiger partial charge < -0.3 is 10.1 Å². The molecule has 1 atom stereocenters. The fraction of sp³-hybridized carbons (Fsp3) is 0.533. The minimum Gasteiger partial charge on any atom is -0.465 e. The van der Waals surface area contributed by atoms with Gasteiger partial charge in [0.2, 0.25) is 0 Å². The van der Waals surface area contributed by atoms with E-state index in [0.717, 1.165) is 5.75 Å². The molecule has 1 aromatic rings. The number of hydrogen-bond acceptors (Lipinski definition) is 4. The Morgan fingerprint density at radius 2 is 2.21 bits per heavy atom. The van der Waals surface area contributed by atoms with Crippen LogP contribution in [0.5, 0.6) is 0 Å². The van der Waals surface area contributed by atoms with Gasteiger partial charge in [-0.2, -0.15) is 11.8 Å². The predicted molar refractivity (Wildman–Crippen MR) is 81.4 cm³/mol. The lowest BCUT2D eigenvalue weighted by Gasteiger charge is -2.26. The number of thioether (sulfide) groups is 1. The first-order chi connectivity index (χ1) is 9.01. The van der Waals surface area contributed by atoms with Gasteiger partial charge in [0.1, 0.15) is 5.54 Å². The highest BCUT2D eigenvalue weighted by atomic mass is 32.2. The molecule has 0 fully saturated rings. The molecule has 0 bridgehead atoms. The van der Waals surface area contributed by atoms with Crippen molar-refractivity contribution in [3.63, 3.8) is 0 Å². The van der Waals surface area contributed by atoms with E-state index in [1.54, 1.807) is 18.8 Å². The molecule has 4 heteroatoms. The molecular formula is C15H23NO2S. The van der Waals surface area contributed by atoms with Gasteiger partial charge in [0.25, 0.3) is 0 Å². The molecule has 1 unspecified atom stereocenters. The summed E-state index contributed by atoms with van der Waals surface area (Å²) in [7, 11) is 1.80. The lowest BCUT2D eigenvalue weighted by molar-refractivity contribution is -0.149. The Hall–Kier alpha value is -1.00. The first-order valence-corrected chi connectivity index (χ1v) is 7.66. The van der Waals surface area contributed by atoms with E-state index in [-0.39, 0.29) is 5.97 Å². The van der Waals surface area contributed by atoms with E-state index in [0.29, 0.717) is 12.4 Å². The predicted octanol–water partition coefficient (Wildman–Crippen LogP) is 2.77. The fourth-order valence-corrected chi connectivity index (χ4v) is 2.89. The van der Waals surface area contributed by atoms with Crippen LogP contribution in [0.3, 0.4) is 0 Å². The summed E-state index contributed by atoms with van der Waals surface area (Å²) in [5.74, 6) is 1.41. The van der Waals surface area contributed by atoms with Gasteiger partial charge in [0.15, 0.2) is 0 Å². The summed E-state index contributed by atoms with van der Waals surface area (Å²) in [6.07, 6.45) is 0. The zero-order chi connectivity index (χ0) is 14.3. The zero-order valence-corrected chi connectivity index (χ0v) is 13.0. The number of rotatable bonds is 7. The highest BCUT2D eigenvalue weighted by Gasteiger charge is 2.32. The lowest BCUT2D eigenvalue weighted by atomic mass is 10.1. The average Bonchev–Trinajstić information content (AvgIpc) is 2.39. The topological polar surface area (TPSA) is 38.3 Å². The van der Waals surface area contributed by atoms with Gasteiger partial charge in [-0.25, -0.2) is 0 Å². The van der Waals surface area contributed by atoms with Crippen molar-refractivity contribution in [3.05, 3.63) is 35.4 Å². The van der Waals surface area contributed by atoms with Crippen molar-refractivity contribution in [1.82, 2.24) is 5.32 Å². The molecule has 0 aliphatic heterocycles. The van der Waals surface area contributed by atoms with Crippen molar-refractivity contribution in [2.75, 3.05) is 19.4 Å². The van der Waals surface area contributed by atoms with E-state index < -0.39 is 5.54 Å². The number of nitrogens with one attached hydrogen (secondary N) is 1. The summed E-state index contributed by atoms with van der Waals surface area (Å²) >= 11 is 1.74. The van der Waals surface area contributed by atoms with Crippen LogP contribution in [0, 0.1) is 6.92 Å². The van der Waals surface area contributed by atoms with Crippen molar-refractivity contribution in [1.29, 1.82) is 0 Å². The van der Waals surface area contributed by atoms with Gasteiger partial charge in [-0.1, -0.05) is 29.8 Å². The van der Waals surface area contributed by atoms with Crippen molar-refractivity contribution < 1.29 is 9.53 Å². The molecule has 19 heavy (non-hydrogen) atoms. The van der Waals surface area contributed by atoms with Crippen molar-refractivity contribution in [3.8, 4) is 0 Å². The largest absolute Gasteiger partial charge is 0.465 e. The van der Waals surface area contributed by atoms with E-state index in [4.69, 9.17) is 4.74 Å². The average molecular weight is 281 g/mol. The van der Waals surface area contributed by atoms with E-state index in [1.807, 2.05) is 13.8 Å². The number of carbonyl (C=O) groups excluding carboxylic acids is 1. The summed E-state index contributed by atoms with van der Waals surface area (Å²) in [6, 6.07) is 8.44. The molecule has 0 amide bonds. The van der Waals surface area contributed by atoms with Gasteiger partial charge >= 0.3 is 5.97 Å². The Balaban J connectivity index is 2.52. The highest BCUT2D eigenvalue weighted by Crippen LogP contribution is 2.19. The maximum absolute atomic E-state index is 11.9. The van der Waals surface area contributed by atoms with E-state index >= 15 is 0 Å². The first kappa shape index (κ1) is 16.1. The second kappa shape index (κ2) is 7.56. The molecule has 1 aromatic carbocycles. The first-order valence-electron chi connectivity index (χ1n) is 6.51. The van der Waals surface area contributed by atoms with E-state index in [2.05, 4.69) is 36.5 Å². The van der Waals surface area contributed by atoms with Crippen LogP contribution in [0.25, 0.3) is 0 Å². The molecule has 0 spiro atoms. The Morgan fingerprint density at radius 3 is 2.79 bits per heavy atom. The number of esters is 1. The Kier molecular flexibility index (Phi) is 6.38. The second-order valence-electron chi connectivity index (χ2n) is 4.78. The quantitative estimate of drug-likeness (QED) is 0.780.